The van der Waals surface area contributed by atoms with Crippen LogP contribution in [-0.4, -0.2) is 28.6 Å². The molecule has 0 aromatic heterocycles. The van der Waals surface area contributed by atoms with Crippen molar-refractivity contribution in [3.63, 3.8) is 0 Å². The van der Waals surface area contributed by atoms with Gasteiger partial charge in [0.15, 0.2) is 5.56 Å². The molecule has 7 nitrogen and oxygen atoms in total. The van der Waals surface area contributed by atoms with Gasteiger partial charge in [-0.3, -0.25) is 10.1 Å². The Kier molecular flexibility index (Phi) is 6.06. The number of esters is 1. The maximum Gasteiger partial charge on any atom is 0.346 e. The molecule has 2 rings (SSSR count). The van der Waals surface area contributed by atoms with Gasteiger partial charge in [0, 0.05) is 12.0 Å². The first-order chi connectivity index (χ1) is 12.3. The molecule has 0 saturated heterocycles. The maximum atomic E-state index is 12.5. The van der Waals surface area contributed by atoms with Crippen molar-refractivity contribution < 1.29 is 24.4 Å². The van der Waals surface area contributed by atoms with Crippen LogP contribution in [0.5, 0.6) is 0 Å². The monoisotopic (exact) mass is 357 g/mol. The van der Waals surface area contributed by atoms with E-state index in [9.17, 15) is 24.8 Å². The molecule has 2 aromatic rings. The molecule has 2 aromatic carbocycles. The van der Waals surface area contributed by atoms with Crippen LogP contribution in [0.1, 0.15) is 46.0 Å². The predicted molar refractivity (Wildman–Crippen MR) is 94.4 cm³/mol. The second-order valence-electron chi connectivity index (χ2n) is 6.12. The standard InChI is InChI=1S/C19H19NO6/c1-12(2)15(13-7-4-3-5-8-13)11-26-19(23)17-14(18(21)22)9-6-10-16(17)20(24)25/h3-10,12,15H,11H2,1-2H3,(H,21,22)/t15-/m0/s1. The van der Waals surface area contributed by atoms with Crippen molar-refractivity contribution in [1.29, 1.82) is 0 Å². The molecule has 0 bridgehead atoms. The van der Waals surface area contributed by atoms with E-state index in [-0.39, 0.29) is 18.4 Å². The van der Waals surface area contributed by atoms with Crippen molar-refractivity contribution in [3.8, 4) is 0 Å². The third kappa shape index (κ3) is 4.24. The zero-order chi connectivity index (χ0) is 19.3. The third-order valence-corrected chi connectivity index (χ3v) is 4.10. The molecule has 0 aliphatic rings. The number of carboxylic acids is 1. The molecule has 0 fully saturated rings. The molecule has 26 heavy (non-hydrogen) atoms. The molecule has 136 valence electrons. The lowest BCUT2D eigenvalue weighted by atomic mass is 9.89. The first kappa shape index (κ1) is 19.1. The van der Waals surface area contributed by atoms with Crippen LogP contribution in [0, 0.1) is 16.0 Å². The number of carbonyl (C=O) groups is 2. The van der Waals surface area contributed by atoms with Gasteiger partial charge in [-0.25, -0.2) is 9.59 Å². The Balaban J connectivity index is 2.30. The van der Waals surface area contributed by atoms with Crippen molar-refractivity contribution in [2.45, 2.75) is 19.8 Å². The molecule has 0 saturated carbocycles. The maximum absolute atomic E-state index is 12.5. The highest BCUT2D eigenvalue weighted by Gasteiger charge is 2.29. The van der Waals surface area contributed by atoms with Gasteiger partial charge in [-0.2, -0.15) is 0 Å². The smallest absolute Gasteiger partial charge is 0.346 e. The zero-order valence-corrected chi connectivity index (χ0v) is 14.4. The Morgan fingerprint density at radius 2 is 1.77 bits per heavy atom. The number of nitro benzene ring substituents is 1. The number of aromatic carboxylic acids is 1. The quantitative estimate of drug-likeness (QED) is 0.458. The molecule has 0 aliphatic heterocycles. The van der Waals surface area contributed by atoms with Gasteiger partial charge in [-0.15, -0.1) is 0 Å². The summed E-state index contributed by atoms with van der Waals surface area (Å²) in [5.41, 5.74) is -0.613. The highest BCUT2D eigenvalue weighted by molar-refractivity contribution is 6.05. The minimum atomic E-state index is -1.43. The first-order valence-corrected chi connectivity index (χ1v) is 8.05. The number of benzene rings is 2. The molecular weight excluding hydrogens is 338 g/mol. The Morgan fingerprint density at radius 3 is 2.31 bits per heavy atom. The van der Waals surface area contributed by atoms with Crippen LogP contribution in [0.4, 0.5) is 5.69 Å². The molecular formula is C19H19NO6. The summed E-state index contributed by atoms with van der Waals surface area (Å²) in [6, 6.07) is 12.9. The molecule has 1 N–H and O–H groups in total. The van der Waals surface area contributed by atoms with Gasteiger partial charge in [0.25, 0.3) is 5.69 Å². The number of rotatable bonds is 7. The lowest BCUT2D eigenvalue weighted by Gasteiger charge is -2.21. The van der Waals surface area contributed by atoms with E-state index in [1.54, 1.807) is 0 Å². The van der Waals surface area contributed by atoms with E-state index >= 15 is 0 Å². The second-order valence-corrected chi connectivity index (χ2v) is 6.12. The van der Waals surface area contributed by atoms with Crippen LogP contribution in [0.3, 0.4) is 0 Å². The van der Waals surface area contributed by atoms with Crippen LogP contribution in [0.25, 0.3) is 0 Å². The largest absolute Gasteiger partial charge is 0.478 e. The normalized spacial score (nSPS) is 11.8. The Labute approximate surface area is 150 Å². The highest BCUT2D eigenvalue weighted by Crippen LogP contribution is 2.27. The van der Waals surface area contributed by atoms with Crippen LogP contribution in [0.2, 0.25) is 0 Å². The van der Waals surface area contributed by atoms with Gasteiger partial charge in [0.1, 0.15) is 0 Å². The zero-order valence-electron chi connectivity index (χ0n) is 14.4. The summed E-state index contributed by atoms with van der Waals surface area (Å²) in [6.07, 6.45) is 0. The van der Waals surface area contributed by atoms with E-state index in [0.29, 0.717) is 0 Å². The summed E-state index contributed by atoms with van der Waals surface area (Å²) in [5, 5.41) is 20.4. The number of nitrogens with zero attached hydrogens (tertiary/aromatic N) is 1. The van der Waals surface area contributed by atoms with E-state index in [1.807, 2.05) is 44.2 Å². The van der Waals surface area contributed by atoms with E-state index in [4.69, 9.17) is 4.74 Å². The van der Waals surface area contributed by atoms with Crippen molar-refractivity contribution in [2.24, 2.45) is 5.92 Å². The summed E-state index contributed by atoms with van der Waals surface area (Å²) in [5.74, 6) is -2.41. The lowest BCUT2D eigenvalue weighted by Crippen LogP contribution is -2.20. The molecule has 0 radical (unpaired) electrons. The molecule has 1 atom stereocenters. The van der Waals surface area contributed by atoms with E-state index in [0.717, 1.165) is 17.7 Å². The minimum absolute atomic E-state index is 0.00831. The van der Waals surface area contributed by atoms with Crippen LogP contribution >= 0.6 is 0 Å². The molecule has 7 heteroatoms. The number of nitro groups is 1. The van der Waals surface area contributed by atoms with Gasteiger partial charge in [0.2, 0.25) is 0 Å². The topological polar surface area (TPSA) is 107 Å². The number of hydrogen-bond donors (Lipinski definition) is 1. The van der Waals surface area contributed by atoms with E-state index < -0.39 is 33.7 Å². The average molecular weight is 357 g/mol. The fourth-order valence-electron chi connectivity index (χ4n) is 2.70. The third-order valence-electron chi connectivity index (χ3n) is 4.10. The summed E-state index contributed by atoms with van der Waals surface area (Å²) >= 11 is 0. The number of carboxylic acid groups (broad SMARTS) is 1. The first-order valence-electron chi connectivity index (χ1n) is 8.05. The highest BCUT2D eigenvalue weighted by atomic mass is 16.6. The Hall–Kier alpha value is -3.22. The van der Waals surface area contributed by atoms with Crippen LogP contribution in [0.15, 0.2) is 48.5 Å². The summed E-state index contributed by atoms with van der Waals surface area (Å²) in [4.78, 5) is 34.2. The number of hydrogen-bond acceptors (Lipinski definition) is 5. The Morgan fingerprint density at radius 1 is 1.12 bits per heavy atom. The van der Waals surface area contributed by atoms with Crippen molar-refractivity contribution >= 4 is 17.6 Å². The van der Waals surface area contributed by atoms with Crippen LogP contribution in [-0.2, 0) is 4.74 Å². The van der Waals surface area contributed by atoms with Gasteiger partial charge < -0.3 is 9.84 Å². The fourth-order valence-corrected chi connectivity index (χ4v) is 2.70. The number of carbonyl (C=O) groups excluding carboxylic acids is 1. The Bertz CT molecular complexity index is 784. The fraction of sp³-hybridized carbons (Fsp3) is 0.263. The number of ether oxygens (including phenoxy) is 1. The SMILES string of the molecule is CC(C)[C@H](COC(=O)c1c(C(=O)O)cccc1[N+](=O)[O-])c1ccccc1. The van der Waals surface area contributed by atoms with Gasteiger partial charge in [-0.05, 0) is 17.5 Å². The molecule has 0 heterocycles. The van der Waals surface area contributed by atoms with Crippen molar-refractivity contribution in [1.82, 2.24) is 0 Å². The average Bonchev–Trinajstić information content (AvgIpc) is 2.61. The van der Waals surface area contributed by atoms with Crippen molar-refractivity contribution in [3.05, 3.63) is 75.3 Å². The predicted octanol–water partition coefficient (Wildman–Crippen LogP) is 3.89. The molecule has 0 unspecified atom stereocenters. The van der Waals surface area contributed by atoms with Crippen molar-refractivity contribution in [2.75, 3.05) is 6.61 Å². The second kappa shape index (κ2) is 8.24. The summed E-state index contributed by atoms with van der Waals surface area (Å²) in [7, 11) is 0. The summed E-state index contributed by atoms with van der Waals surface area (Å²) in [6.45, 7) is 3.93. The van der Waals surface area contributed by atoms with E-state index in [1.165, 1.54) is 6.07 Å². The minimum Gasteiger partial charge on any atom is -0.478 e. The molecule has 0 amide bonds. The van der Waals surface area contributed by atoms with Gasteiger partial charge in [-0.1, -0.05) is 50.2 Å². The molecule has 0 spiro atoms. The molecule has 0 aliphatic carbocycles. The van der Waals surface area contributed by atoms with Gasteiger partial charge in [0.05, 0.1) is 17.1 Å². The summed E-state index contributed by atoms with van der Waals surface area (Å²) < 4.78 is 5.28. The van der Waals surface area contributed by atoms with Crippen LogP contribution < -0.4 is 0 Å². The van der Waals surface area contributed by atoms with Gasteiger partial charge >= 0.3 is 11.9 Å². The lowest BCUT2D eigenvalue weighted by molar-refractivity contribution is -0.385. The van der Waals surface area contributed by atoms with E-state index in [2.05, 4.69) is 0 Å².